The molecule has 0 spiro atoms. The Hall–Kier alpha value is -3.54. The van der Waals surface area contributed by atoms with Crippen molar-refractivity contribution in [3.63, 3.8) is 0 Å². The molecule has 3 heterocycles. The van der Waals surface area contributed by atoms with Crippen molar-refractivity contribution in [3.05, 3.63) is 64.2 Å². The van der Waals surface area contributed by atoms with Crippen LogP contribution in [0.15, 0.2) is 36.8 Å². The van der Waals surface area contributed by atoms with E-state index in [1.165, 1.54) is 29.8 Å². The molecule has 0 aliphatic heterocycles. The van der Waals surface area contributed by atoms with Crippen molar-refractivity contribution in [2.75, 3.05) is 5.32 Å². The zero-order chi connectivity index (χ0) is 23.6. The van der Waals surface area contributed by atoms with Crippen LogP contribution < -0.4 is 10.1 Å². The van der Waals surface area contributed by atoms with Crippen molar-refractivity contribution in [2.24, 2.45) is 0 Å². The first-order valence-electron chi connectivity index (χ1n) is 9.93. The van der Waals surface area contributed by atoms with Crippen LogP contribution in [0.25, 0.3) is 5.78 Å². The predicted octanol–water partition coefficient (Wildman–Crippen LogP) is 4.26. The third kappa shape index (κ3) is 5.64. The fourth-order valence-corrected chi connectivity index (χ4v) is 4.26. The standard InChI is InChI=1S/C21H19F3N6O2S/c1-12-17(13(2)30-19(28-12)26-11-27-30)7-8-18(31)29-20-25-10-16(33-20)9-14-3-5-15(6-4-14)32-21(22,23)24/h3-6,10-11H,7-9H2,1-2H3,(H,25,29,31). The van der Waals surface area contributed by atoms with Crippen LogP contribution in [0.4, 0.5) is 18.3 Å². The second-order valence-electron chi connectivity index (χ2n) is 7.28. The molecule has 8 nitrogen and oxygen atoms in total. The third-order valence-electron chi connectivity index (χ3n) is 4.93. The van der Waals surface area contributed by atoms with E-state index in [0.717, 1.165) is 27.4 Å². The Morgan fingerprint density at radius 3 is 2.67 bits per heavy atom. The van der Waals surface area contributed by atoms with Gasteiger partial charge in [-0.1, -0.05) is 12.1 Å². The van der Waals surface area contributed by atoms with Crippen LogP contribution in [-0.4, -0.2) is 36.8 Å². The summed E-state index contributed by atoms with van der Waals surface area (Å²) in [6.45, 7) is 3.79. The van der Waals surface area contributed by atoms with Gasteiger partial charge in [-0.2, -0.15) is 10.1 Å². The maximum Gasteiger partial charge on any atom is 0.573 e. The van der Waals surface area contributed by atoms with E-state index in [1.54, 1.807) is 22.8 Å². The van der Waals surface area contributed by atoms with Crippen LogP contribution in [-0.2, 0) is 17.6 Å². The number of rotatable bonds is 7. The second kappa shape index (κ2) is 9.14. The SMILES string of the molecule is Cc1nc2ncnn2c(C)c1CCC(=O)Nc1ncc(Cc2ccc(OC(F)(F)F)cc2)s1. The Bertz CT molecular complexity index is 1280. The number of aromatic nitrogens is 5. The number of aryl methyl sites for hydroxylation is 2. The first-order chi connectivity index (χ1) is 15.7. The lowest BCUT2D eigenvalue weighted by Gasteiger charge is -2.10. The van der Waals surface area contributed by atoms with Gasteiger partial charge in [0, 0.05) is 35.3 Å². The molecule has 0 aliphatic rings. The lowest BCUT2D eigenvalue weighted by atomic mass is 10.1. The van der Waals surface area contributed by atoms with Crippen LogP contribution in [0, 0.1) is 13.8 Å². The highest BCUT2D eigenvalue weighted by Crippen LogP contribution is 2.25. The molecule has 1 amide bonds. The quantitative estimate of drug-likeness (QED) is 0.428. The number of halogens is 3. The first kappa shape index (κ1) is 22.6. The molecule has 0 atom stereocenters. The van der Waals surface area contributed by atoms with E-state index in [4.69, 9.17) is 0 Å². The molecular weight excluding hydrogens is 457 g/mol. The summed E-state index contributed by atoms with van der Waals surface area (Å²) in [5.74, 6) is 0.0743. The number of carbonyl (C=O) groups is 1. The van der Waals surface area contributed by atoms with Gasteiger partial charge >= 0.3 is 6.36 Å². The smallest absolute Gasteiger partial charge is 0.406 e. The van der Waals surface area contributed by atoms with Gasteiger partial charge in [0.15, 0.2) is 5.13 Å². The van der Waals surface area contributed by atoms with E-state index in [9.17, 15) is 18.0 Å². The number of carbonyl (C=O) groups excluding carboxylic acids is 1. The van der Waals surface area contributed by atoms with Gasteiger partial charge in [0.1, 0.15) is 12.1 Å². The number of hydrogen-bond acceptors (Lipinski definition) is 7. The van der Waals surface area contributed by atoms with Gasteiger partial charge in [-0.15, -0.1) is 24.5 Å². The number of alkyl halides is 3. The molecule has 0 radical (unpaired) electrons. The average Bonchev–Trinajstić information content (AvgIpc) is 3.37. The fourth-order valence-electron chi connectivity index (χ4n) is 3.39. The number of amides is 1. The minimum absolute atomic E-state index is 0.179. The molecule has 4 aromatic rings. The van der Waals surface area contributed by atoms with Gasteiger partial charge in [0.25, 0.3) is 5.78 Å². The Morgan fingerprint density at radius 2 is 1.94 bits per heavy atom. The summed E-state index contributed by atoms with van der Waals surface area (Å²) in [6.07, 6.45) is -0.422. The van der Waals surface area contributed by atoms with E-state index >= 15 is 0 Å². The monoisotopic (exact) mass is 476 g/mol. The van der Waals surface area contributed by atoms with E-state index < -0.39 is 6.36 Å². The highest BCUT2D eigenvalue weighted by atomic mass is 32.1. The molecule has 0 bridgehead atoms. The van der Waals surface area contributed by atoms with Crippen molar-refractivity contribution in [2.45, 2.75) is 39.5 Å². The number of hydrogen-bond donors (Lipinski definition) is 1. The van der Waals surface area contributed by atoms with Gasteiger partial charge in [-0.3, -0.25) is 4.79 Å². The van der Waals surface area contributed by atoms with Gasteiger partial charge in [-0.05, 0) is 43.5 Å². The van der Waals surface area contributed by atoms with Crippen LogP contribution in [0.3, 0.4) is 0 Å². The minimum Gasteiger partial charge on any atom is -0.406 e. The summed E-state index contributed by atoms with van der Waals surface area (Å²) < 4.78 is 42.3. The summed E-state index contributed by atoms with van der Waals surface area (Å²) in [5, 5.41) is 7.41. The normalized spacial score (nSPS) is 11.7. The lowest BCUT2D eigenvalue weighted by molar-refractivity contribution is -0.274. The van der Waals surface area contributed by atoms with Gasteiger partial charge < -0.3 is 10.1 Å². The van der Waals surface area contributed by atoms with Gasteiger partial charge in [0.2, 0.25) is 5.91 Å². The number of thiazole rings is 1. The maximum atomic E-state index is 12.4. The molecule has 12 heteroatoms. The van der Waals surface area contributed by atoms with Crippen molar-refractivity contribution in [1.29, 1.82) is 0 Å². The van der Waals surface area contributed by atoms with Gasteiger partial charge in [0.05, 0.1) is 0 Å². The Labute approximate surface area is 190 Å². The van der Waals surface area contributed by atoms with E-state index in [-0.39, 0.29) is 18.1 Å². The fraction of sp³-hybridized carbons (Fsp3) is 0.286. The molecule has 33 heavy (non-hydrogen) atoms. The summed E-state index contributed by atoms with van der Waals surface area (Å²) in [6, 6.07) is 5.65. The second-order valence-corrected chi connectivity index (χ2v) is 8.40. The lowest BCUT2D eigenvalue weighted by Crippen LogP contribution is -2.17. The average molecular weight is 476 g/mol. The van der Waals surface area contributed by atoms with Crippen LogP contribution >= 0.6 is 11.3 Å². The molecule has 1 aromatic carbocycles. The molecule has 3 aromatic heterocycles. The molecule has 0 unspecified atom stereocenters. The Morgan fingerprint density at radius 1 is 1.18 bits per heavy atom. The van der Waals surface area contributed by atoms with Crippen molar-refractivity contribution >= 4 is 28.2 Å². The summed E-state index contributed by atoms with van der Waals surface area (Å²) in [7, 11) is 0. The van der Waals surface area contributed by atoms with Crippen LogP contribution in [0.2, 0.25) is 0 Å². The highest BCUT2D eigenvalue weighted by molar-refractivity contribution is 7.15. The van der Waals surface area contributed by atoms with E-state index in [0.29, 0.717) is 23.8 Å². The van der Waals surface area contributed by atoms with Crippen molar-refractivity contribution in [1.82, 2.24) is 24.6 Å². The number of nitrogens with zero attached hydrogens (tertiary/aromatic N) is 5. The molecule has 0 aliphatic carbocycles. The maximum absolute atomic E-state index is 12.4. The summed E-state index contributed by atoms with van der Waals surface area (Å²) in [5.41, 5.74) is 3.45. The Kier molecular flexibility index (Phi) is 6.27. The number of anilines is 1. The third-order valence-corrected chi connectivity index (χ3v) is 5.84. The summed E-state index contributed by atoms with van der Waals surface area (Å²) >= 11 is 1.31. The molecule has 4 rings (SSSR count). The molecule has 0 fully saturated rings. The summed E-state index contributed by atoms with van der Waals surface area (Å²) in [4.78, 5) is 26.0. The molecule has 0 saturated carbocycles. The highest BCUT2D eigenvalue weighted by Gasteiger charge is 2.30. The number of fused-ring (bicyclic) bond motifs is 1. The van der Waals surface area contributed by atoms with E-state index in [1.807, 2.05) is 13.8 Å². The topological polar surface area (TPSA) is 94.3 Å². The zero-order valence-corrected chi connectivity index (χ0v) is 18.5. The van der Waals surface area contributed by atoms with Crippen LogP contribution in [0.5, 0.6) is 5.75 Å². The molecule has 1 N–H and O–H groups in total. The minimum atomic E-state index is -4.72. The van der Waals surface area contributed by atoms with E-state index in [2.05, 4.69) is 30.1 Å². The number of nitrogens with one attached hydrogen (secondary N) is 1. The molecule has 0 saturated heterocycles. The zero-order valence-electron chi connectivity index (χ0n) is 17.7. The van der Waals surface area contributed by atoms with Crippen LogP contribution in [0.1, 0.15) is 33.8 Å². The number of ether oxygens (including phenoxy) is 1. The Balaban J connectivity index is 1.33. The predicted molar refractivity (Wildman–Crippen MR) is 115 cm³/mol. The molecule has 172 valence electrons. The first-order valence-corrected chi connectivity index (χ1v) is 10.7. The number of benzene rings is 1. The largest absolute Gasteiger partial charge is 0.573 e. The van der Waals surface area contributed by atoms with Gasteiger partial charge in [-0.25, -0.2) is 14.5 Å². The van der Waals surface area contributed by atoms with Crippen molar-refractivity contribution in [3.8, 4) is 5.75 Å². The van der Waals surface area contributed by atoms with Crippen molar-refractivity contribution < 1.29 is 22.7 Å². The molecular formula is C21H19F3N6O2S.